The molecule has 1 rings (SSSR count). The maximum Gasteiger partial charge on any atom is 0.119 e. The Bertz CT molecular complexity index is 328. The molecule has 0 amide bonds. The van der Waals surface area contributed by atoms with Crippen LogP contribution >= 0.6 is 0 Å². The molecule has 0 aliphatic carbocycles. The first-order chi connectivity index (χ1) is 8.17. The Hall–Kier alpha value is -1.10. The number of nitrogens with two attached hydrogens (primary N) is 1. The van der Waals surface area contributed by atoms with Crippen molar-refractivity contribution >= 4 is 0 Å². The molecular formula is C13H23N3O. The summed E-state index contributed by atoms with van der Waals surface area (Å²) in [5, 5.41) is 0. The molecular weight excluding hydrogens is 214 g/mol. The first kappa shape index (κ1) is 14.0. The van der Waals surface area contributed by atoms with Crippen LogP contribution < -0.4 is 16.0 Å². The molecule has 0 saturated carbocycles. The molecule has 0 bridgehead atoms. The highest BCUT2D eigenvalue weighted by Gasteiger charge is 2.10. The molecule has 0 aromatic heterocycles. The van der Waals surface area contributed by atoms with E-state index < -0.39 is 0 Å². The fourth-order valence-corrected chi connectivity index (χ4v) is 1.72. The third kappa shape index (κ3) is 4.73. The number of hydrogen-bond donors (Lipinski definition) is 2. The monoisotopic (exact) mass is 237 g/mol. The quantitative estimate of drug-likeness (QED) is 0.558. The Morgan fingerprint density at radius 2 is 2.18 bits per heavy atom. The number of ether oxygens (including phenoxy) is 1. The maximum absolute atomic E-state index is 5.61. The van der Waals surface area contributed by atoms with Gasteiger partial charge < -0.3 is 9.64 Å². The van der Waals surface area contributed by atoms with Gasteiger partial charge in [-0.15, -0.1) is 0 Å². The Labute approximate surface area is 104 Å². The van der Waals surface area contributed by atoms with Gasteiger partial charge in [-0.3, -0.25) is 11.3 Å². The minimum Gasteiger partial charge on any atom is -0.494 e. The van der Waals surface area contributed by atoms with E-state index in [4.69, 9.17) is 10.6 Å². The predicted octanol–water partition coefficient (Wildman–Crippen LogP) is 1.54. The van der Waals surface area contributed by atoms with E-state index in [9.17, 15) is 0 Å². The molecule has 1 atom stereocenters. The third-order valence-corrected chi connectivity index (χ3v) is 2.64. The van der Waals surface area contributed by atoms with E-state index >= 15 is 0 Å². The second-order valence-corrected chi connectivity index (χ2v) is 4.32. The average Bonchev–Trinajstić information content (AvgIpc) is 2.30. The highest BCUT2D eigenvalue weighted by atomic mass is 16.5. The summed E-state index contributed by atoms with van der Waals surface area (Å²) < 4.78 is 5.49. The molecule has 4 heteroatoms. The number of nitrogens with zero attached hydrogens (tertiary/aromatic N) is 1. The van der Waals surface area contributed by atoms with Crippen LogP contribution in [0.4, 0.5) is 0 Å². The Kier molecular flexibility index (Phi) is 5.97. The van der Waals surface area contributed by atoms with Gasteiger partial charge in [0.25, 0.3) is 0 Å². The van der Waals surface area contributed by atoms with Crippen LogP contribution in [0.2, 0.25) is 0 Å². The van der Waals surface area contributed by atoms with Gasteiger partial charge >= 0.3 is 0 Å². The van der Waals surface area contributed by atoms with Crippen molar-refractivity contribution in [2.45, 2.75) is 19.4 Å². The highest BCUT2D eigenvalue weighted by Crippen LogP contribution is 2.21. The van der Waals surface area contributed by atoms with Crippen LogP contribution in [0.3, 0.4) is 0 Å². The summed E-state index contributed by atoms with van der Waals surface area (Å²) in [6, 6.07) is 8.25. The van der Waals surface area contributed by atoms with Crippen LogP contribution in [0.15, 0.2) is 24.3 Å². The van der Waals surface area contributed by atoms with Crippen LogP contribution in [-0.2, 0) is 0 Å². The van der Waals surface area contributed by atoms with Crippen molar-refractivity contribution in [3.63, 3.8) is 0 Å². The lowest BCUT2D eigenvalue weighted by atomic mass is 10.0. The number of hydrogen-bond acceptors (Lipinski definition) is 4. The second kappa shape index (κ2) is 7.27. The maximum atomic E-state index is 5.61. The van der Waals surface area contributed by atoms with Crippen LogP contribution in [0.5, 0.6) is 5.75 Å². The van der Waals surface area contributed by atoms with Crippen molar-refractivity contribution in [1.82, 2.24) is 10.3 Å². The molecule has 4 nitrogen and oxygen atoms in total. The normalized spacial score (nSPS) is 12.8. The van der Waals surface area contributed by atoms with Crippen molar-refractivity contribution in [2.24, 2.45) is 5.84 Å². The molecule has 0 spiro atoms. The van der Waals surface area contributed by atoms with Gasteiger partial charge in [-0.25, -0.2) is 0 Å². The molecule has 0 radical (unpaired) electrons. The molecule has 0 fully saturated rings. The molecule has 0 aliphatic heterocycles. The average molecular weight is 237 g/mol. The fourth-order valence-electron chi connectivity index (χ4n) is 1.72. The van der Waals surface area contributed by atoms with Gasteiger partial charge in [-0.05, 0) is 51.7 Å². The van der Waals surface area contributed by atoms with Crippen molar-refractivity contribution in [3.8, 4) is 5.75 Å². The molecule has 1 aromatic carbocycles. The van der Waals surface area contributed by atoms with Crippen LogP contribution in [-0.4, -0.2) is 32.1 Å². The van der Waals surface area contributed by atoms with E-state index in [-0.39, 0.29) is 6.04 Å². The second-order valence-electron chi connectivity index (χ2n) is 4.32. The van der Waals surface area contributed by atoms with Crippen LogP contribution in [0.25, 0.3) is 0 Å². The first-order valence-electron chi connectivity index (χ1n) is 6.01. The number of rotatable bonds is 7. The predicted molar refractivity (Wildman–Crippen MR) is 70.8 cm³/mol. The molecule has 17 heavy (non-hydrogen) atoms. The van der Waals surface area contributed by atoms with Crippen molar-refractivity contribution < 1.29 is 4.74 Å². The largest absolute Gasteiger partial charge is 0.494 e. The van der Waals surface area contributed by atoms with Crippen molar-refractivity contribution in [2.75, 3.05) is 27.2 Å². The van der Waals surface area contributed by atoms with Gasteiger partial charge in [0.1, 0.15) is 5.75 Å². The minimum atomic E-state index is 0.165. The third-order valence-electron chi connectivity index (χ3n) is 2.64. The lowest BCUT2D eigenvalue weighted by molar-refractivity contribution is 0.337. The van der Waals surface area contributed by atoms with E-state index in [2.05, 4.69) is 30.5 Å². The molecule has 0 saturated heterocycles. The summed E-state index contributed by atoms with van der Waals surface area (Å²) in [6.07, 6.45) is 0.971. The first-order valence-corrected chi connectivity index (χ1v) is 6.01. The topological polar surface area (TPSA) is 50.5 Å². The number of nitrogens with one attached hydrogen (secondary N) is 1. The van der Waals surface area contributed by atoms with Gasteiger partial charge in [0.05, 0.1) is 6.61 Å². The molecule has 96 valence electrons. The van der Waals surface area contributed by atoms with E-state index in [0.717, 1.165) is 18.7 Å². The highest BCUT2D eigenvalue weighted by molar-refractivity contribution is 5.30. The summed E-state index contributed by atoms with van der Waals surface area (Å²) in [5.41, 5.74) is 4.03. The zero-order valence-electron chi connectivity index (χ0n) is 10.9. The summed E-state index contributed by atoms with van der Waals surface area (Å²) in [6.45, 7) is 3.66. The van der Waals surface area contributed by atoms with Crippen molar-refractivity contribution in [3.05, 3.63) is 29.8 Å². The van der Waals surface area contributed by atoms with Crippen LogP contribution in [0.1, 0.15) is 24.9 Å². The molecule has 3 N–H and O–H groups in total. The summed E-state index contributed by atoms with van der Waals surface area (Å²) in [5.74, 6) is 6.50. The summed E-state index contributed by atoms with van der Waals surface area (Å²) in [7, 11) is 4.12. The van der Waals surface area contributed by atoms with Gasteiger partial charge in [-0.1, -0.05) is 12.1 Å². The number of benzene rings is 1. The van der Waals surface area contributed by atoms with E-state index in [1.807, 2.05) is 25.1 Å². The van der Waals surface area contributed by atoms with Gasteiger partial charge in [-0.2, -0.15) is 0 Å². The SMILES string of the molecule is CCOc1cccc(C(CCN(C)C)NN)c1. The Morgan fingerprint density at radius 3 is 2.76 bits per heavy atom. The molecule has 0 aliphatic rings. The smallest absolute Gasteiger partial charge is 0.119 e. The zero-order chi connectivity index (χ0) is 12.7. The van der Waals surface area contributed by atoms with Gasteiger partial charge in [0.2, 0.25) is 0 Å². The van der Waals surface area contributed by atoms with E-state index in [0.29, 0.717) is 6.61 Å². The van der Waals surface area contributed by atoms with Crippen LogP contribution in [0, 0.1) is 0 Å². The fraction of sp³-hybridized carbons (Fsp3) is 0.538. The molecule has 1 aromatic rings. The van der Waals surface area contributed by atoms with Crippen molar-refractivity contribution in [1.29, 1.82) is 0 Å². The standard InChI is InChI=1S/C13H23N3O/c1-4-17-12-7-5-6-11(10-12)13(15-14)8-9-16(2)3/h5-7,10,13,15H,4,8-9,14H2,1-3H3. The zero-order valence-corrected chi connectivity index (χ0v) is 10.9. The molecule has 0 heterocycles. The van der Waals surface area contributed by atoms with Gasteiger partial charge in [0.15, 0.2) is 0 Å². The Balaban J connectivity index is 2.69. The summed E-state index contributed by atoms with van der Waals surface area (Å²) >= 11 is 0. The van der Waals surface area contributed by atoms with E-state index in [1.165, 1.54) is 5.56 Å². The lowest BCUT2D eigenvalue weighted by Gasteiger charge is -2.19. The molecule has 1 unspecified atom stereocenters. The van der Waals surface area contributed by atoms with E-state index in [1.54, 1.807) is 0 Å². The number of hydrazine groups is 1. The minimum absolute atomic E-state index is 0.165. The summed E-state index contributed by atoms with van der Waals surface area (Å²) in [4.78, 5) is 2.15. The van der Waals surface area contributed by atoms with Gasteiger partial charge in [0, 0.05) is 6.04 Å². The lowest BCUT2D eigenvalue weighted by Crippen LogP contribution is -2.30. The Morgan fingerprint density at radius 1 is 1.41 bits per heavy atom.